The van der Waals surface area contributed by atoms with Gasteiger partial charge in [0.1, 0.15) is 6.61 Å². The number of nitrogens with one attached hydrogen (secondary N) is 1. The highest BCUT2D eigenvalue weighted by Gasteiger charge is 2.31. The van der Waals surface area contributed by atoms with Crippen LogP contribution in [0.1, 0.15) is 20.8 Å². The van der Waals surface area contributed by atoms with Crippen LogP contribution in [0.4, 0.5) is 5.69 Å². The van der Waals surface area contributed by atoms with E-state index in [0.29, 0.717) is 11.6 Å². The van der Waals surface area contributed by atoms with Gasteiger partial charge in [-0.25, -0.2) is 0 Å². The van der Waals surface area contributed by atoms with Crippen LogP contribution >= 0.6 is 11.6 Å². The summed E-state index contributed by atoms with van der Waals surface area (Å²) in [6.45, 7) is 6.42. The van der Waals surface area contributed by atoms with E-state index in [1.54, 1.807) is 49.9 Å². The Morgan fingerprint density at radius 1 is 1.36 bits per heavy atom. The van der Waals surface area contributed by atoms with E-state index in [1.165, 1.54) is 0 Å². The molecule has 1 saturated heterocycles. The number of nitrogens with zero attached hydrogens (tertiary/aromatic N) is 1. The third kappa shape index (κ3) is 3.99. The number of amides is 1. The summed E-state index contributed by atoms with van der Waals surface area (Å²) in [5.41, 5.74) is 0.199. The number of halogens is 1. The van der Waals surface area contributed by atoms with Gasteiger partial charge >= 0.3 is 5.97 Å². The molecule has 1 aromatic carbocycles. The number of carbonyl (C=O) groups excluding carboxylic acids is 2. The Kier molecular flexibility index (Phi) is 5.08. The standard InChI is InChI=1S/C16H21ClN2O3/c1-16(2,3)15(21)22-10-13-8-18-9-14(20)19(13)12-6-4-11(17)5-7-12/h4-7,13,18H,8-10H2,1-3H3/t13-/m1/s1. The SMILES string of the molecule is CC(C)(C)C(=O)OC[C@H]1CNCC(=O)N1c1ccc(Cl)cc1. The van der Waals surface area contributed by atoms with Crippen molar-refractivity contribution in [1.82, 2.24) is 5.32 Å². The Hall–Kier alpha value is -1.59. The summed E-state index contributed by atoms with van der Waals surface area (Å²) in [6.07, 6.45) is 0. The van der Waals surface area contributed by atoms with Crippen molar-refractivity contribution < 1.29 is 14.3 Å². The molecule has 0 unspecified atom stereocenters. The second-order valence-corrected chi connectivity index (χ2v) is 6.81. The molecule has 1 aliphatic rings. The second kappa shape index (κ2) is 6.67. The number of piperazine rings is 1. The Morgan fingerprint density at radius 2 is 2.00 bits per heavy atom. The highest BCUT2D eigenvalue weighted by atomic mass is 35.5. The van der Waals surface area contributed by atoms with Crippen molar-refractivity contribution in [2.24, 2.45) is 5.41 Å². The van der Waals surface area contributed by atoms with E-state index in [9.17, 15) is 9.59 Å². The molecule has 1 heterocycles. The van der Waals surface area contributed by atoms with E-state index >= 15 is 0 Å². The number of hydrogen-bond acceptors (Lipinski definition) is 4. The molecule has 1 N–H and O–H groups in total. The first kappa shape index (κ1) is 16.8. The quantitative estimate of drug-likeness (QED) is 0.866. The second-order valence-electron chi connectivity index (χ2n) is 6.37. The van der Waals surface area contributed by atoms with E-state index in [1.807, 2.05) is 0 Å². The molecule has 2 rings (SSSR count). The fourth-order valence-corrected chi connectivity index (χ4v) is 2.33. The van der Waals surface area contributed by atoms with Gasteiger partial charge < -0.3 is 15.0 Å². The summed E-state index contributed by atoms with van der Waals surface area (Å²) in [5.74, 6) is -0.327. The van der Waals surface area contributed by atoms with Crippen molar-refractivity contribution in [1.29, 1.82) is 0 Å². The fourth-order valence-electron chi connectivity index (χ4n) is 2.20. The van der Waals surface area contributed by atoms with Gasteiger partial charge in [-0.15, -0.1) is 0 Å². The van der Waals surface area contributed by atoms with Crippen LogP contribution in [-0.2, 0) is 14.3 Å². The van der Waals surface area contributed by atoms with Crippen LogP contribution in [0.2, 0.25) is 5.02 Å². The van der Waals surface area contributed by atoms with Crippen molar-refractivity contribution in [2.45, 2.75) is 26.8 Å². The summed E-state index contributed by atoms with van der Waals surface area (Å²) < 4.78 is 5.37. The molecular formula is C16H21ClN2O3. The van der Waals surface area contributed by atoms with Crippen molar-refractivity contribution in [3.05, 3.63) is 29.3 Å². The van der Waals surface area contributed by atoms with Gasteiger partial charge in [-0.05, 0) is 45.0 Å². The molecule has 0 spiro atoms. The number of esters is 1. The maximum Gasteiger partial charge on any atom is 0.311 e. The molecule has 1 amide bonds. The average molecular weight is 325 g/mol. The van der Waals surface area contributed by atoms with Crippen LogP contribution in [0, 0.1) is 5.41 Å². The minimum Gasteiger partial charge on any atom is -0.463 e. The van der Waals surface area contributed by atoms with Gasteiger partial charge in [0.25, 0.3) is 0 Å². The average Bonchev–Trinajstić information content (AvgIpc) is 2.45. The first-order chi connectivity index (χ1) is 10.3. The molecule has 120 valence electrons. The molecule has 0 aromatic heterocycles. The molecule has 22 heavy (non-hydrogen) atoms. The molecule has 5 nitrogen and oxygen atoms in total. The van der Waals surface area contributed by atoms with Crippen LogP contribution in [0.3, 0.4) is 0 Å². The number of hydrogen-bond donors (Lipinski definition) is 1. The van der Waals surface area contributed by atoms with Gasteiger partial charge in [0, 0.05) is 17.3 Å². The van der Waals surface area contributed by atoms with Crippen molar-refractivity contribution >= 4 is 29.2 Å². The predicted molar refractivity (Wildman–Crippen MR) is 86.0 cm³/mol. The summed E-state index contributed by atoms with van der Waals surface area (Å²) >= 11 is 5.89. The third-order valence-electron chi connectivity index (χ3n) is 3.41. The highest BCUT2D eigenvalue weighted by Crippen LogP contribution is 2.22. The van der Waals surface area contributed by atoms with Crippen molar-refractivity contribution in [3.63, 3.8) is 0 Å². The molecule has 0 radical (unpaired) electrons. The summed E-state index contributed by atoms with van der Waals surface area (Å²) in [5, 5.41) is 3.66. The van der Waals surface area contributed by atoms with Gasteiger partial charge in [-0.2, -0.15) is 0 Å². The lowest BCUT2D eigenvalue weighted by Gasteiger charge is -2.36. The molecule has 1 aromatic rings. The summed E-state index contributed by atoms with van der Waals surface area (Å²) in [6, 6.07) is 6.84. The van der Waals surface area contributed by atoms with Gasteiger partial charge in [-0.1, -0.05) is 11.6 Å². The van der Waals surface area contributed by atoms with Crippen LogP contribution in [0.5, 0.6) is 0 Å². The normalized spacial score (nSPS) is 19.2. The first-order valence-corrected chi connectivity index (χ1v) is 7.62. The van der Waals surface area contributed by atoms with E-state index in [2.05, 4.69) is 5.32 Å². The maximum absolute atomic E-state index is 12.2. The Morgan fingerprint density at radius 3 is 2.59 bits per heavy atom. The largest absolute Gasteiger partial charge is 0.463 e. The number of carbonyl (C=O) groups is 2. The Bertz CT molecular complexity index is 552. The van der Waals surface area contributed by atoms with Gasteiger partial charge in [0.2, 0.25) is 5.91 Å². The topological polar surface area (TPSA) is 58.6 Å². The van der Waals surface area contributed by atoms with Gasteiger partial charge in [0.15, 0.2) is 0 Å². The number of anilines is 1. The van der Waals surface area contributed by atoms with E-state index < -0.39 is 5.41 Å². The predicted octanol–water partition coefficient (Wildman–Crippen LogP) is 2.23. The number of ether oxygens (including phenoxy) is 1. The molecule has 1 aliphatic heterocycles. The number of benzene rings is 1. The molecule has 0 saturated carbocycles. The van der Waals surface area contributed by atoms with Crippen LogP contribution < -0.4 is 10.2 Å². The van der Waals surface area contributed by atoms with Crippen molar-refractivity contribution in [2.75, 3.05) is 24.6 Å². The van der Waals surface area contributed by atoms with Gasteiger partial charge in [-0.3, -0.25) is 9.59 Å². The first-order valence-electron chi connectivity index (χ1n) is 7.24. The summed E-state index contributed by atoms with van der Waals surface area (Å²) in [7, 11) is 0. The number of rotatable bonds is 3. The minimum atomic E-state index is -0.558. The molecule has 6 heteroatoms. The smallest absolute Gasteiger partial charge is 0.311 e. The molecule has 0 aliphatic carbocycles. The molecule has 0 bridgehead atoms. The lowest BCUT2D eigenvalue weighted by Crippen LogP contribution is -2.57. The molecular weight excluding hydrogens is 304 g/mol. The zero-order valence-corrected chi connectivity index (χ0v) is 13.8. The zero-order chi connectivity index (χ0) is 16.3. The fraction of sp³-hybridized carbons (Fsp3) is 0.500. The van der Waals surface area contributed by atoms with Crippen LogP contribution in [-0.4, -0.2) is 37.6 Å². The van der Waals surface area contributed by atoms with E-state index in [4.69, 9.17) is 16.3 Å². The summed E-state index contributed by atoms with van der Waals surface area (Å²) in [4.78, 5) is 25.8. The highest BCUT2D eigenvalue weighted by molar-refractivity contribution is 6.30. The van der Waals surface area contributed by atoms with Gasteiger partial charge in [0.05, 0.1) is 18.0 Å². The zero-order valence-electron chi connectivity index (χ0n) is 13.1. The molecule has 1 atom stereocenters. The minimum absolute atomic E-state index is 0.0506. The van der Waals surface area contributed by atoms with Crippen molar-refractivity contribution in [3.8, 4) is 0 Å². The Labute approximate surface area is 135 Å². The third-order valence-corrected chi connectivity index (χ3v) is 3.67. The van der Waals surface area contributed by atoms with E-state index in [0.717, 1.165) is 5.69 Å². The van der Waals surface area contributed by atoms with E-state index in [-0.39, 0.29) is 31.1 Å². The monoisotopic (exact) mass is 324 g/mol. The molecule has 1 fully saturated rings. The maximum atomic E-state index is 12.2. The lowest BCUT2D eigenvalue weighted by atomic mass is 9.97. The lowest BCUT2D eigenvalue weighted by molar-refractivity contribution is -0.153. The van der Waals surface area contributed by atoms with Crippen LogP contribution in [0.25, 0.3) is 0 Å². The van der Waals surface area contributed by atoms with Crippen LogP contribution in [0.15, 0.2) is 24.3 Å². The Balaban J connectivity index is 2.12.